The Hall–Kier alpha value is -1.85. The maximum atomic E-state index is 12.3. The minimum atomic E-state index is -0.917. The Morgan fingerprint density at radius 1 is 1.47 bits per heavy atom. The molecule has 1 amide bonds. The fourth-order valence-electron chi connectivity index (χ4n) is 1.90. The zero-order valence-corrected chi connectivity index (χ0v) is 11.2. The summed E-state index contributed by atoms with van der Waals surface area (Å²) in [6.45, 7) is 4.19. The third-order valence-electron chi connectivity index (χ3n) is 3.20. The third kappa shape index (κ3) is 3.13. The van der Waals surface area contributed by atoms with Crippen LogP contribution in [0.4, 0.5) is 0 Å². The van der Waals surface area contributed by atoms with Crippen LogP contribution in [0.3, 0.4) is 0 Å². The van der Waals surface area contributed by atoms with Crippen LogP contribution >= 0.6 is 0 Å². The van der Waals surface area contributed by atoms with Gasteiger partial charge in [-0.25, -0.2) is 4.98 Å². The standard InChI is InChI=1S/C13H18N2O4/c1-3-15(7-6-10(16)17)13(18)11-8(2)14-12(19-11)9-4-5-9/h9H,3-7H2,1-2H3,(H,16,17). The summed E-state index contributed by atoms with van der Waals surface area (Å²) in [4.78, 5) is 28.6. The Labute approximate surface area is 111 Å². The Kier molecular flexibility index (Phi) is 3.87. The molecule has 0 bridgehead atoms. The zero-order chi connectivity index (χ0) is 14.0. The summed E-state index contributed by atoms with van der Waals surface area (Å²) < 4.78 is 5.54. The number of aryl methyl sites for hydroxylation is 1. The monoisotopic (exact) mass is 266 g/mol. The summed E-state index contributed by atoms with van der Waals surface area (Å²) in [5.74, 6) is 0.0403. The fraction of sp³-hybridized carbons (Fsp3) is 0.615. The molecule has 0 radical (unpaired) electrons. The van der Waals surface area contributed by atoms with Gasteiger partial charge in [0, 0.05) is 19.0 Å². The number of rotatable bonds is 6. The van der Waals surface area contributed by atoms with E-state index in [0.717, 1.165) is 12.8 Å². The highest BCUT2D eigenvalue weighted by molar-refractivity contribution is 5.92. The van der Waals surface area contributed by atoms with E-state index in [-0.39, 0.29) is 24.6 Å². The van der Waals surface area contributed by atoms with Gasteiger partial charge in [0.2, 0.25) is 5.76 Å². The van der Waals surface area contributed by atoms with E-state index in [9.17, 15) is 9.59 Å². The molecule has 6 nitrogen and oxygen atoms in total. The van der Waals surface area contributed by atoms with Crippen molar-refractivity contribution in [2.45, 2.75) is 39.0 Å². The van der Waals surface area contributed by atoms with Gasteiger partial charge in [-0.1, -0.05) is 0 Å². The van der Waals surface area contributed by atoms with Crippen LogP contribution in [0.1, 0.15) is 54.2 Å². The van der Waals surface area contributed by atoms with Crippen LogP contribution in [-0.4, -0.2) is 40.0 Å². The topological polar surface area (TPSA) is 83.6 Å². The van der Waals surface area contributed by atoms with Gasteiger partial charge in [0.1, 0.15) is 0 Å². The molecular weight excluding hydrogens is 248 g/mol. The highest BCUT2D eigenvalue weighted by atomic mass is 16.4. The molecule has 1 aliphatic carbocycles. The molecule has 1 aliphatic rings. The molecule has 104 valence electrons. The lowest BCUT2D eigenvalue weighted by Gasteiger charge is -2.18. The van der Waals surface area contributed by atoms with Gasteiger partial charge in [-0.15, -0.1) is 0 Å². The highest BCUT2D eigenvalue weighted by Crippen LogP contribution is 2.40. The lowest BCUT2D eigenvalue weighted by Crippen LogP contribution is -2.33. The number of aromatic nitrogens is 1. The van der Waals surface area contributed by atoms with Crippen molar-refractivity contribution in [3.8, 4) is 0 Å². The molecule has 0 atom stereocenters. The Bertz CT molecular complexity index is 491. The minimum absolute atomic E-state index is 0.0672. The Morgan fingerprint density at radius 2 is 2.16 bits per heavy atom. The second kappa shape index (κ2) is 5.42. The van der Waals surface area contributed by atoms with Crippen molar-refractivity contribution >= 4 is 11.9 Å². The molecule has 1 N–H and O–H groups in total. The second-order valence-corrected chi connectivity index (χ2v) is 4.77. The Balaban J connectivity index is 2.09. The first-order valence-corrected chi connectivity index (χ1v) is 6.51. The first-order chi connectivity index (χ1) is 9.02. The summed E-state index contributed by atoms with van der Waals surface area (Å²) >= 11 is 0. The van der Waals surface area contributed by atoms with Gasteiger partial charge in [-0.3, -0.25) is 9.59 Å². The quantitative estimate of drug-likeness (QED) is 0.848. The molecular formula is C13H18N2O4. The van der Waals surface area contributed by atoms with Crippen molar-refractivity contribution in [3.05, 3.63) is 17.3 Å². The van der Waals surface area contributed by atoms with E-state index in [4.69, 9.17) is 9.52 Å². The maximum absolute atomic E-state index is 12.3. The molecule has 1 heterocycles. The molecule has 0 aromatic carbocycles. The highest BCUT2D eigenvalue weighted by Gasteiger charge is 2.31. The van der Waals surface area contributed by atoms with Crippen molar-refractivity contribution in [1.82, 2.24) is 9.88 Å². The third-order valence-corrected chi connectivity index (χ3v) is 3.20. The number of hydrogen-bond acceptors (Lipinski definition) is 4. The first-order valence-electron chi connectivity index (χ1n) is 6.51. The molecule has 1 saturated carbocycles. The molecule has 0 saturated heterocycles. The lowest BCUT2D eigenvalue weighted by molar-refractivity contribution is -0.137. The number of carbonyl (C=O) groups excluding carboxylic acids is 1. The van der Waals surface area contributed by atoms with E-state index >= 15 is 0 Å². The van der Waals surface area contributed by atoms with E-state index in [1.807, 2.05) is 6.92 Å². The summed E-state index contributed by atoms with van der Waals surface area (Å²) in [5, 5.41) is 8.68. The number of aliphatic carboxylic acids is 1. The normalized spacial score (nSPS) is 14.4. The van der Waals surface area contributed by atoms with Gasteiger partial charge in [-0.05, 0) is 26.7 Å². The lowest BCUT2D eigenvalue weighted by atomic mass is 10.3. The smallest absolute Gasteiger partial charge is 0.305 e. The van der Waals surface area contributed by atoms with Crippen LogP contribution in [0.15, 0.2) is 4.42 Å². The predicted octanol–water partition coefficient (Wildman–Crippen LogP) is 1.80. The van der Waals surface area contributed by atoms with Gasteiger partial charge in [0.05, 0.1) is 12.1 Å². The van der Waals surface area contributed by atoms with Gasteiger partial charge in [0.15, 0.2) is 5.89 Å². The van der Waals surface area contributed by atoms with Crippen molar-refractivity contribution < 1.29 is 19.1 Å². The predicted molar refractivity (Wildman–Crippen MR) is 67.0 cm³/mol. The molecule has 1 fully saturated rings. The van der Waals surface area contributed by atoms with Crippen molar-refractivity contribution in [3.63, 3.8) is 0 Å². The minimum Gasteiger partial charge on any atom is -0.481 e. The average Bonchev–Trinajstić information content (AvgIpc) is 3.13. The summed E-state index contributed by atoms with van der Waals surface area (Å²) in [5.41, 5.74) is 0.584. The summed E-state index contributed by atoms with van der Waals surface area (Å²) in [6, 6.07) is 0. The number of carboxylic acids is 1. The number of nitrogens with zero attached hydrogens (tertiary/aromatic N) is 2. The molecule has 6 heteroatoms. The number of hydrogen-bond donors (Lipinski definition) is 1. The van der Waals surface area contributed by atoms with Gasteiger partial charge < -0.3 is 14.4 Å². The molecule has 19 heavy (non-hydrogen) atoms. The van der Waals surface area contributed by atoms with Crippen LogP contribution in [-0.2, 0) is 4.79 Å². The van der Waals surface area contributed by atoms with E-state index in [1.165, 1.54) is 4.90 Å². The van der Waals surface area contributed by atoms with Crippen LogP contribution in [0.5, 0.6) is 0 Å². The van der Waals surface area contributed by atoms with Gasteiger partial charge in [-0.2, -0.15) is 0 Å². The van der Waals surface area contributed by atoms with E-state index in [1.54, 1.807) is 6.92 Å². The van der Waals surface area contributed by atoms with Crippen LogP contribution < -0.4 is 0 Å². The van der Waals surface area contributed by atoms with Crippen molar-refractivity contribution in [2.75, 3.05) is 13.1 Å². The van der Waals surface area contributed by atoms with Gasteiger partial charge >= 0.3 is 5.97 Å². The van der Waals surface area contributed by atoms with E-state index < -0.39 is 5.97 Å². The van der Waals surface area contributed by atoms with Crippen LogP contribution in [0.25, 0.3) is 0 Å². The summed E-state index contributed by atoms with van der Waals surface area (Å²) in [7, 11) is 0. The average molecular weight is 266 g/mol. The molecule has 0 spiro atoms. The van der Waals surface area contributed by atoms with Crippen LogP contribution in [0, 0.1) is 6.92 Å². The molecule has 1 aromatic rings. The fourth-order valence-corrected chi connectivity index (χ4v) is 1.90. The first kappa shape index (κ1) is 13.6. The number of carbonyl (C=O) groups is 2. The maximum Gasteiger partial charge on any atom is 0.305 e. The van der Waals surface area contributed by atoms with E-state index in [2.05, 4.69) is 4.98 Å². The van der Waals surface area contributed by atoms with Crippen LogP contribution in [0.2, 0.25) is 0 Å². The van der Waals surface area contributed by atoms with E-state index in [0.29, 0.717) is 24.0 Å². The molecule has 2 rings (SSSR count). The Morgan fingerprint density at radius 3 is 2.68 bits per heavy atom. The number of oxazole rings is 1. The summed E-state index contributed by atoms with van der Waals surface area (Å²) in [6.07, 6.45) is 2.05. The zero-order valence-electron chi connectivity index (χ0n) is 11.2. The van der Waals surface area contributed by atoms with Crippen molar-refractivity contribution in [1.29, 1.82) is 0 Å². The van der Waals surface area contributed by atoms with Gasteiger partial charge in [0.25, 0.3) is 5.91 Å². The van der Waals surface area contributed by atoms with Crippen molar-refractivity contribution in [2.24, 2.45) is 0 Å². The molecule has 0 unspecified atom stereocenters. The molecule has 1 aromatic heterocycles. The number of amides is 1. The molecule has 0 aliphatic heterocycles. The second-order valence-electron chi connectivity index (χ2n) is 4.77. The SMILES string of the molecule is CCN(CCC(=O)O)C(=O)c1oc(C2CC2)nc1C. The number of carboxylic acid groups (broad SMARTS) is 1. The largest absolute Gasteiger partial charge is 0.481 e.